The molecule has 2 atom stereocenters. The molecule has 0 bridgehead atoms. The van der Waals surface area contributed by atoms with Crippen molar-refractivity contribution in [1.82, 2.24) is 5.32 Å². The first-order valence-electron chi connectivity index (χ1n) is 8.27. The van der Waals surface area contributed by atoms with Crippen molar-refractivity contribution in [3.8, 4) is 0 Å². The van der Waals surface area contributed by atoms with E-state index in [1.54, 1.807) is 0 Å². The Kier molecular flexibility index (Phi) is 3.84. The maximum atomic E-state index is 12.1. The van der Waals surface area contributed by atoms with Crippen molar-refractivity contribution in [3.05, 3.63) is 0 Å². The molecule has 0 aromatic heterocycles. The summed E-state index contributed by atoms with van der Waals surface area (Å²) in [6.07, 6.45) is 13.6. The van der Waals surface area contributed by atoms with Crippen LogP contribution in [0.25, 0.3) is 0 Å². The van der Waals surface area contributed by atoms with Gasteiger partial charge in [-0.1, -0.05) is 32.1 Å². The molecule has 2 unspecified atom stereocenters. The summed E-state index contributed by atoms with van der Waals surface area (Å²) in [4.78, 5) is 12.1. The molecule has 0 saturated heterocycles. The quantitative estimate of drug-likeness (QED) is 0.820. The highest BCUT2D eigenvalue weighted by Crippen LogP contribution is 2.46. The van der Waals surface area contributed by atoms with Crippen molar-refractivity contribution in [2.24, 2.45) is 17.6 Å². The van der Waals surface area contributed by atoms with E-state index in [0.717, 1.165) is 24.7 Å². The highest BCUT2D eigenvalue weighted by Gasteiger charge is 2.46. The van der Waals surface area contributed by atoms with Crippen LogP contribution in [0, 0.1) is 11.8 Å². The molecule has 0 heterocycles. The van der Waals surface area contributed by atoms with Gasteiger partial charge in [-0.15, -0.1) is 0 Å². The van der Waals surface area contributed by atoms with Crippen LogP contribution < -0.4 is 11.1 Å². The number of hydrogen-bond donors (Lipinski definition) is 2. The zero-order valence-electron chi connectivity index (χ0n) is 12.0. The Morgan fingerprint density at radius 3 is 2.32 bits per heavy atom. The Labute approximate surface area is 116 Å². The van der Waals surface area contributed by atoms with Crippen molar-refractivity contribution in [3.63, 3.8) is 0 Å². The smallest absolute Gasteiger partial charge is 0.237 e. The molecule has 108 valence electrons. The molecular formula is C16H28N2O. The minimum atomic E-state index is -0.381. The summed E-state index contributed by atoms with van der Waals surface area (Å²) in [5.74, 6) is 1.55. The van der Waals surface area contributed by atoms with Crippen molar-refractivity contribution >= 4 is 5.91 Å². The summed E-state index contributed by atoms with van der Waals surface area (Å²) < 4.78 is 0. The van der Waals surface area contributed by atoms with Gasteiger partial charge < -0.3 is 11.1 Å². The van der Waals surface area contributed by atoms with Crippen LogP contribution in [0.4, 0.5) is 0 Å². The fraction of sp³-hybridized carbons (Fsp3) is 0.938. The molecule has 0 radical (unpaired) electrons. The van der Waals surface area contributed by atoms with Gasteiger partial charge in [-0.2, -0.15) is 0 Å². The molecule has 3 N–H and O–H groups in total. The van der Waals surface area contributed by atoms with Gasteiger partial charge >= 0.3 is 0 Å². The molecule has 0 spiro atoms. The van der Waals surface area contributed by atoms with Gasteiger partial charge in [0.15, 0.2) is 0 Å². The predicted molar refractivity (Wildman–Crippen MR) is 76.6 cm³/mol. The SMILES string of the molecule is NC(=O)C1(NC2CCCCC2)CCCC(C2CC2)C1. The first-order valence-corrected chi connectivity index (χ1v) is 8.27. The molecule has 3 saturated carbocycles. The molecule has 0 aromatic rings. The van der Waals surface area contributed by atoms with Crippen LogP contribution in [-0.2, 0) is 4.79 Å². The van der Waals surface area contributed by atoms with E-state index in [9.17, 15) is 4.79 Å². The van der Waals surface area contributed by atoms with Crippen molar-refractivity contribution in [2.45, 2.75) is 82.2 Å². The van der Waals surface area contributed by atoms with Crippen LogP contribution >= 0.6 is 0 Å². The maximum Gasteiger partial charge on any atom is 0.237 e. The summed E-state index contributed by atoms with van der Waals surface area (Å²) in [5.41, 5.74) is 5.42. The second kappa shape index (κ2) is 5.43. The van der Waals surface area contributed by atoms with Gasteiger partial charge in [-0.05, 0) is 50.4 Å². The second-order valence-corrected chi connectivity index (χ2v) is 7.12. The largest absolute Gasteiger partial charge is 0.368 e. The highest BCUT2D eigenvalue weighted by atomic mass is 16.1. The summed E-state index contributed by atoms with van der Waals surface area (Å²) in [5, 5.41) is 3.71. The molecule has 3 nitrogen and oxygen atoms in total. The minimum absolute atomic E-state index is 0.0941. The van der Waals surface area contributed by atoms with Crippen LogP contribution in [0.1, 0.15) is 70.6 Å². The Morgan fingerprint density at radius 1 is 0.947 bits per heavy atom. The summed E-state index contributed by atoms with van der Waals surface area (Å²) in [7, 11) is 0. The van der Waals surface area contributed by atoms with Crippen LogP contribution in [0.15, 0.2) is 0 Å². The third kappa shape index (κ3) is 2.96. The zero-order valence-corrected chi connectivity index (χ0v) is 12.0. The fourth-order valence-corrected chi connectivity index (χ4v) is 4.35. The first-order chi connectivity index (χ1) is 9.20. The van der Waals surface area contributed by atoms with Crippen molar-refractivity contribution in [1.29, 1.82) is 0 Å². The lowest BCUT2D eigenvalue weighted by Gasteiger charge is -2.42. The molecular weight excluding hydrogens is 236 g/mol. The lowest BCUT2D eigenvalue weighted by atomic mass is 9.72. The molecule has 19 heavy (non-hydrogen) atoms. The van der Waals surface area contributed by atoms with E-state index in [1.165, 1.54) is 57.8 Å². The molecule has 3 heteroatoms. The first kappa shape index (κ1) is 13.4. The predicted octanol–water partition coefficient (Wildman–Crippen LogP) is 2.73. The van der Waals surface area contributed by atoms with Gasteiger partial charge in [0.25, 0.3) is 0 Å². The molecule has 3 rings (SSSR count). The number of amides is 1. The standard InChI is InChI=1S/C16H28N2O/c17-15(19)16(18-14-6-2-1-3-7-14)10-4-5-13(11-16)12-8-9-12/h12-14,18H,1-11H2,(H2,17,19). The highest BCUT2D eigenvalue weighted by molar-refractivity contribution is 5.84. The van der Waals surface area contributed by atoms with Crippen molar-refractivity contribution < 1.29 is 4.79 Å². The Morgan fingerprint density at radius 2 is 1.68 bits per heavy atom. The van der Waals surface area contributed by atoms with E-state index in [1.807, 2.05) is 0 Å². The maximum absolute atomic E-state index is 12.1. The summed E-state index contributed by atoms with van der Waals surface area (Å²) >= 11 is 0. The minimum Gasteiger partial charge on any atom is -0.368 e. The number of carbonyl (C=O) groups excluding carboxylic acids is 1. The normalized spacial score (nSPS) is 37.2. The Bertz CT molecular complexity index is 334. The molecule has 1 amide bonds. The Hall–Kier alpha value is -0.570. The van der Waals surface area contributed by atoms with Crippen molar-refractivity contribution in [2.75, 3.05) is 0 Å². The van der Waals surface area contributed by atoms with Gasteiger partial charge in [0.1, 0.15) is 0 Å². The molecule has 3 aliphatic carbocycles. The molecule has 0 aromatic carbocycles. The second-order valence-electron chi connectivity index (χ2n) is 7.12. The molecule has 0 aliphatic heterocycles. The van der Waals surface area contributed by atoms with Gasteiger partial charge in [-0.3, -0.25) is 4.79 Å². The topological polar surface area (TPSA) is 55.1 Å². The third-order valence-electron chi connectivity index (χ3n) is 5.64. The zero-order chi connectivity index (χ0) is 13.3. The van der Waals surface area contributed by atoms with E-state index in [-0.39, 0.29) is 11.4 Å². The van der Waals surface area contributed by atoms with Gasteiger partial charge in [0.2, 0.25) is 5.91 Å². The van der Waals surface area contributed by atoms with Gasteiger partial charge in [0, 0.05) is 6.04 Å². The monoisotopic (exact) mass is 264 g/mol. The van der Waals surface area contributed by atoms with Crippen LogP contribution in [-0.4, -0.2) is 17.5 Å². The van der Waals surface area contributed by atoms with E-state index in [0.29, 0.717) is 6.04 Å². The lowest BCUT2D eigenvalue weighted by Crippen LogP contribution is -2.61. The van der Waals surface area contributed by atoms with Gasteiger partial charge in [0.05, 0.1) is 5.54 Å². The Balaban J connectivity index is 1.68. The summed E-state index contributed by atoms with van der Waals surface area (Å²) in [6, 6.07) is 0.527. The summed E-state index contributed by atoms with van der Waals surface area (Å²) in [6.45, 7) is 0. The number of hydrogen-bond acceptors (Lipinski definition) is 2. The number of nitrogens with one attached hydrogen (secondary N) is 1. The molecule has 3 fully saturated rings. The average molecular weight is 264 g/mol. The van der Waals surface area contributed by atoms with Crippen LogP contribution in [0.3, 0.4) is 0 Å². The van der Waals surface area contributed by atoms with E-state index in [2.05, 4.69) is 5.32 Å². The number of nitrogens with two attached hydrogens (primary N) is 1. The van der Waals surface area contributed by atoms with E-state index < -0.39 is 0 Å². The van der Waals surface area contributed by atoms with E-state index >= 15 is 0 Å². The number of carbonyl (C=O) groups is 1. The lowest BCUT2D eigenvalue weighted by molar-refractivity contribution is -0.127. The number of rotatable bonds is 4. The van der Waals surface area contributed by atoms with Crippen LogP contribution in [0.5, 0.6) is 0 Å². The fourth-order valence-electron chi connectivity index (χ4n) is 4.35. The van der Waals surface area contributed by atoms with E-state index in [4.69, 9.17) is 5.73 Å². The number of primary amides is 1. The average Bonchev–Trinajstić information content (AvgIpc) is 3.24. The third-order valence-corrected chi connectivity index (χ3v) is 5.64. The molecule has 3 aliphatic rings. The van der Waals surface area contributed by atoms with Gasteiger partial charge in [-0.25, -0.2) is 0 Å². The van der Waals surface area contributed by atoms with Crippen LogP contribution in [0.2, 0.25) is 0 Å².